The van der Waals surface area contributed by atoms with E-state index in [4.69, 9.17) is 21.4 Å². The summed E-state index contributed by atoms with van der Waals surface area (Å²) in [6, 6.07) is 0.538. The standard InChI is InChI=1S/C11H19ClN2O3/c12-10(11(15)16)8-13-2-1-9(7-13)14-3-5-17-6-4-14/h9-10H,1-8H2,(H,15,16). The number of carboxylic acid groups (broad SMARTS) is 1. The summed E-state index contributed by atoms with van der Waals surface area (Å²) in [5.41, 5.74) is 0. The Labute approximate surface area is 106 Å². The van der Waals surface area contributed by atoms with Gasteiger partial charge in [-0.2, -0.15) is 0 Å². The fourth-order valence-corrected chi connectivity index (χ4v) is 2.72. The summed E-state index contributed by atoms with van der Waals surface area (Å²) >= 11 is 5.75. The Morgan fingerprint density at radius 1 is 1.41 bits per heavy atom. The number of halogens is 1. The molecule has 0 aromatic carbocycles. The second-order valence-corrected chi connectivity index (χ2v) is 5.18. The van der Waals surface area contributed by atoms with Crippen LogP contribution in [0.3, 0.4) is 0 Å². The van der Waals surface area contributed by atoms with Gasteiger partial charge in [-0.3, -0.25) is 14.6 Å². The molecule has 2 heterocycles. The normalized spacial score (nSPS) is 29.4. The number of carboxylic acids is 1. The third kappa shape index (κ3) is 3.55. The smallest absolute Gasteiger partial charge is 0.322 e. The summed E-state index contributed by atoms with van der Waals surface area (Å²) in [7, 11) is 0. The lowest BCUT2D eigenvalue weighted by Crippen LogP contribution is -2.45. The number of nitrogens with zero attached hydrogens (tertiary/aromatic N) is 2. The fraction of sp³-hybridized carbons (Fsp3) is 0.909. The van der Waals surface area contributed by atoms with Crippen molar-refractivity contribution in [1.82, 2.24) is 9.80 Å². The van der Waals surface area contributed by atoms with Crippen molar-refractivity contribution in [1.29, 1.82) is 0 Å². The molecule has 2 aliphatic rings. The van der Waals surface area contributed by atoms with Crippen LogP contribution in [0.1, 0.15) is 6.42 Å². The first kappa shape index (κ1) is 13.1. The molecule has 1 N–H and O–H groups in total. The van der Waals surface area contributed by atoms with E-state index in [0.29, 0.717) is 12.6 Å². The van der Waals surface area contributed by atoms with E-state index in [-0.39, 0.29) is 0 Å². The minimum absolute atomic E-state index is 0.442. The molecule has 2 unspecified atom stereocenters. The molecule has 0 radical (unpaired) electrons. The number of carbonyl (C=O) groups is 1. The average Bonchev–Trinajstić information content (AvgIpc) is 2.78. The zero-order valence-electron chi connectivity index (χ0n) is 9.85. The molecule has 2 aliphatic heterocycles. The molecule has 0 aliphatic carbocycles. The van der Waals surface area contributed by atoms with Crippen molar-refractivity contribution in [2.24, 2.45) is 0 Å². The van der Waals surface area contributed by atoms with E-state index < -0.39 is 11.3 Å². The van der Waals surface area contributed by atoms with Crippen LogP contribution < -0.4 is 0 Å². The Balaban J connectivity index is 1.76. The highest BCUT2D eigenvalue weighted by atomic mass is 35.5. The van der Waals surface area contributed by atoms with Crippen LogP contribution in [0.2, 0.25) is 0 Å². The quantitative estimate of drug-likeness (QED) is 0.728. The van der Waals surface area contributed by atoms with Crippen molar-refractivity contribution in [3.8, 4) is 0 Å². The molecule has 0 bridgehead atoms. The summed E-state index contributed by atoms with van der Waals surface area (Å²) in [6.07, 6.45) is 1.10. The minimum Gasteiger partial charge on any atom is -0.480 e. The highest BCUT2D eigenvalue weighted by Gasteiger charge is 2.30. The molecule has 2 rings (SSSR count). The van der Waals surface area contributed by atoms with E-state index in [0.717, 1.165) is 45.8 Å². The lowest BCUT2D eigenvalue weighted by atomic mass is 10.2. The predicted molar refractivity (Wildman–Crippen MR) is 64.5 cm³/mol. The van der Waals surface area contributed by atoms with Gasteiger partial charge >= 0.3 is 5.97 Å². The summed E-state index contributed by atoms with van der Waals surface area (Å²) < 4.78 is 5.33. The van der Waals surface area contributed by atoms with Gasteiger partial charge in [0.1, 0.15) is 5.38 Å². The number of morpholine rings is 1. The first-order chi connectivity index (χ1) is 8.16. The van der Waals surface area contributed by atoms with Crippen LogP contribution in [0, 0.1) is 0 Å². The maximum absolute atomic E-state index is 10.7. The van der Waals surface area contributed by atoms with Gasteiger partial charge in [0.25, 0.3) is 0 Å². The third-order valence-corrected chi connectivity index (χ3v) is 3.82. The number of hydrogen-bond acceptors (Lipinski definition) is 4. The number of alkyl halides is 1. The molecule has 2 fully saturated rings. The molecule has 5 nitrogen and oxygen atoms in total. The van der Waals surface area contributed by atoms with Crippen LogP contribution in [-0.4, -0.2) is 78.2 Å². The van der Waals surface area contributed by atoms with Gasteiger partial charge < -0.3 is 9.84 Å². The largest absolute Gasteiger partial charge is 0.480 e. The molecule has 0 aromatic rings. The number of hydrogen-bond donors (Lipinski definition) is 1. The van der Waals surface area contributed by atoms with Crippen LogP contribution in [0.4, 0.5) is 0 Å². The number of rotatable bonds is 4. The monoisotopic (exact) mass is 262 g/mol. The molecular weight excluding hydrogens is 244 g/mol. The Bertz CT molecular complexity index is 271. The lowest BCUT2D eigenvalue weighted by molar-refractivity contribution is -0.136. The van der Waals surface area contributed by atoms with Crippen LogP contribution in [0.5, 0.6) is 0 Å². The molecular formula is C11H19ClN2O3. The minimum atomic E-state index is -0.929. The van der Waals surface area contributed by atoms with Gasteiger partial charge in [-0.15, -0.1) is 11.6 Å². The zero-order chi connectivity index (χ0) is 12.3. The molecule has 0 amide bonds. The number of ether oxygens (including phenoxy) is 1. The van der Waals surface area contributed by atoms with E-state index in [1.54, 1.807) is 0 Å². The molecule has 0 aromatic heterocycles. The molecule has 17 heavy (non-hydrogen) atoms. The van der Waals surface area contributed by atoms with E-state index in [2.05, 4.69) is 9.80 Å². The first-order valence-electron chi connectivity index (χ1n) is 6.08. The van der Waals surface area contributed by atoms with Crippen molar-refractivity contribution in [2.45, 2.75) is 17.8 Å². The van der Waals surface area contributed by atoms with Crippen LogP contribution in [0.25, 0.3) is 0 Å². The van der Waals surface area contributed by atoms with Crippen LogP contribution in [0.15, 0.2) is 0 Å². The zero-order valence-corrected chi connectivity index (χ0v) is 10.6. The van der Waals surface area contributed by atoms with Gasteiger partial charge in [-0.1, -0.05) is 0 Å². The Kier molecular flexibility index (Phi) is 4.62. The SMILES string of the molecule is O=C(O)C(Cl)CN1CCC(N2CCOCC2)C1. The summed E-state index contributed by atoms with van der Waals surface area (Å²) in [5.74, 6) is -0.929. The second kappa shape index (κ2) is 6.00. The van der Waals surface area contributed by atoms with Crippen molar-refractivity contribution >= 4 is 17.6 Å². The van der Waals surface area contributed by atoms with Crippen molar-refractivity contribution < 1.29 is 14.6 Å². The molecule has 2 atom stereocenters. The predicted octanol–water partition coefficient (Wildman–Crippen LogP) is 0.0849. The van der Waals surface area contributed by atoms with E-state index in [1.807, 2.05) is 0 Å². The summed E-state index contributed by atoms with van der Waals surface area (Å²) in [5, 5.41) is 7.98. The van der Waals surface area contributed by atoms with Gasteiger partial charge in [0.2, 0.25) is 0 Å². The van der Waals surface area contributed by atoms with Crippen LogP contribution in [-0.2, 0) is 9.53 Å². The Morgan fingerprint density at radius 3 is 2.76 bits per heavy atom. The highest BCUT2D eigenvalue weighted by Crippen LogP contribution is 2.17. The van der Waals surface area contributed by atoms with Crippen LogP contribution >= 0.6 is 11.6 Å². The Morgan fingerprint density at radius 2 is 2.12 bits per heavy atom. The first-order valence-corrected chi connectivity index (χ1v) is 6.51. The second-order valence-electron chi connectivity index (χ2n) is 4.66. The lowest BCUT2D eigenvalue weighted by Gasteiger charge is -2.32. The van der Waals surface area contributed by atoms with Crippen molar-refractivity contribution in [3.05, 3.63) is 0 Å². The summed E-state index contributed by atoms with van der Waals surface area (Å²) in [4.78, 5) is 15.3. The van der Waals surface area contributed by atoms with Gasteiger partial charge in [0.15, 0.2) is 0 Å². The number of aliphatic carboxylic acids is 1. The van der Waals surface area contributed by atoms with Crippen molar-refractivity contribution in [3.63, 3.8) is 0 Å². The molecule has 0 saturated carbocycles. The van der Waals surface area contributed by atoms with Gasteiger partial charge in [-0.25, -0.2) is 0 Å². The molecule has 6 heteroatoms. The third-order valence-electron chi connectivity index (χ3n) is 3.50. The molecule has 0 spiro atoms. The Hall–Kier alpha value is -0.360. The fourth-order valence-electron chi connectivity index (χ4n) is 2.52. The van der Waals surface area contributed by atoms with Gasteiger partial charge in [-0.05, 0) is 13.0 Å². The molecule has 2 saturated heterocycles. The average molecular weight is 263 g/mol. The van der Waals surface area contributed by atoms with Gasteiger partial charge in [0, 0.05) is 32.2 Å². The maximum atomic E-state index is 10.7. The van der Waals surface area contributed by atoms with E-state index >= 15 is 0 Å². The summed E-state index contributed by atoms with van der Waals surface area (Å²) in [6.45, 7) is 5.91. The van der Waals surface area contributed by atoms with E-state index in [1.165, 1.54) is 0 Å². The topological polar surface area (TPSA) is 53.0 Å². The highest BCUT2D eigenvalue weighted by molar-refractivity contribution is 6.29. The van der Waals surface area contributed by atoms with Gasteiger partial charge in [0.05, 0.1) is 13.2 Å². The number of likely N-dealkylation sites (tertiary alicyclic amines) is 1. The molecule has 98 valence electrons. The van der Waals surface area contributed by atoms with Crippen molar-refractivity contribution in [2.75, 3.05) is 45.9 Å². The van der Waals surface area contributed by atoms with E-state index in [9.17, 15) is 4.79 Å². The maximum Gasteiger partial charge on any atom is 0.322 e.